The minimum Gasteiger partial charge on any atom is -0.468 e. The van der Waals surface area contributed by atoms with Crippen LogP contribution >= 0.6 is 0 Å². The van der Waals surface area contributed by atoms with Crippen molar-refractivity contribution in [3.8, 4) is 11.1 Å². The van der Waals surface area contributed by atoms with E-state index in [1.807, 2.05) is 0 Å². The Balaban J connectivity index is 1.12. The maximum atomic E-state index is 7.92. The number of nitrogens with zero attached hydrogens (tertiary/aromatic N) is 2. The first-order valence-electron chi connectivity index (χ1n) is 31.6. The van der Waals surface area contributed by atoms with Crippen molar-refractivity contribution in [3.63, 3.8) is 0 Å². The average Bonchev–Trinajstić information content (AvgIpc) is 3.90. The van der Waals surface area contributed by atoms with Crippen LogP contribution < -0.4 is 26.4 Å². The van der Waals surface area contributed by atoms with Crippen LogP contribution in [0.1, 0.15) is 225 Å². The van der Waals surface area contributed by atoms with Gasteiger partial charge in [-0.2, -0.15) is 0 Å². The molecule has 412 valence electrons. The molecule has 0 amide bonds. The van der Waals surface area contributed by atoms with Gasteiger partial charge in [0.05, 0.1) is 17.0 Å². The molecule has 80 heavy (non-hydrogen) atoms. The molecule has 1 aromatic heterocycles. The maximum Gasteiger partial charge on any atom is 0.297 e. The van der Waals surface area contributed by atoms with E-state index in [0.29, 0.717) is 0 Å². The molecule has 0 atom stereocenters. The van der Waals surface area contributed by atoms with E-state index in [9.17, 15) is 0 Å². The van der Waals surface area contributed by atoms with E-state index >= 15 is 0 Å². The molecule has 0 N–H and O–H groups in total. The van der Waals surface area contributed by atoms with Gasteiger partial charge in [-0.15, -0.1) is 0 Å². The number of hydrogen-bond acceptors (Lipinski definition) is 3. The molecule has 3 nitrogen and oxygen atoms in total. The standard InChI is InChI=1S/C76H89BN2O/c1-69(2,3)49-21-23-51(24-22-49)78-63-34-50(76-42-45-31-46(43-76)33-47(32-45)44-76)35-64-66(63)77(68-67(78)53-37-55-59(41-65(53)80-68)75(14,15)30-26-71(55,6)7)60-38-56-58(74(12,13)29-27-72(56,8)9)40-62(60)79(64)61-39-57-54(70(4,5)25-28-73(57,10)11)36-52(61)48-19-17-16-18-20-48/h16-24,34-41,45-47H,25-33,42-44H2,1-15H3. The van der Waals surface area contributed by atoms with Gasteiger partial charge in [-0.05, 0) is 254 Å². The minimum atomic E-state index is -0.124. The number of rotatable bonds is 4. The van der Waals surface area contributed by atoms with Crippen LogP contribution in [0.15, 0.2) is 108 Å². The summed E-state index contributed by atoms with van der Waals surface area (Å²) >= 11 is 0. The van der Waals surface area contributed by atoms with Crippen LogP contribution in [-0.4, -0.2) is 6.71 Å². The summed E-state index contributed by atoms with van der Waals surface area (Å²) < 4.78 is 7.92. The summed E-state index contributed by atoms with van der Waals surface area (Å²) in [6, 6.07) is 42.8. The molecular formula is C76H89BN2O. The van der Waals surface area contributed by atoms with Crippen LogP contribution in [0.5, 0.6) is 0 Å². The molecule has 4 fully saturated rings. The number of anilines is 6. The first-order valence-corrected chi connectivity index (χ1v) is 31.6. The Labute approximate surface area is 480 Å². The second kappa shape index (κ2) is 16.4. The highest BCUT2D eigenvalue weighted by molar-refractivity contribution is 7.00. The van der Waals surface area contributed by atoms with Gasteiger partial charge in [0, 0.05) is 33.7 Å². The van der Waals surface area contributed by atoms with E-state index in [1.54, 1.807) is 5.56 Å². The maximum absolute atomic E-state index is 7.92. The van der Waals surface area contributed by atoms with Gasteiger partial charge in [-0.1, -0.05) is 152 Å². The van der Waals surface area contributed by atoms with Crippen molar-refractivity contribution < 1.29 is 4.42 Å². The van der Waals surface area contributed by atoms with Crippen molar-refractivity contribution in [2.45, 2.75) is 224 Å². The highest BCUT2D eigenvalue weighted by atomic mass is 16.3. The third-order valence-electron chi connectivity index (χ3n) is 23.5. The van der Waals surface area contributed by atoms with Gasteiger partial charge in [0.25, 0.3) is 6.71 Å². The topological polar surface area (TPSA) is 19.6 Å². The molecule has 2 aliphatic heterocycles. The summed E-state index contributed by atoms with van der Waals surface area (Å²) in [7, 11) is 0. The zero-order chi connectivity index (χ0) is 55.8. The van der Waals surface area contributed by atoms with Crippen LogP contribution in [0.25, 0.3) is 22.1 Å². The molecule has 4 heteroatoms. The number of furan rings is 1. The molecule has 0 spiro atoms. The molecule has 0 unspecified atom stereocenters. The van der Waals surface area contributed by atoms with Gasteiger partial charge in [-0.3, -0.25) is 0 Å². The minimum absolute atomic E-state index is 0.00788. The van der Waals surface area contributed by atoms with Gasteiger partial charge >= 0.3 is 0 Å². The fraction of sp³-hybridized carbons (Fsp3) is 0.500. The quantitative estimate of drug-likeness (QED) is 0.164. The number of benzene rings is 6. The number of fused-ring (bicyclic) bond motifs is 9. The summed E-state index contributed by atoms with van der Waals surface area (Å²) in [6.45, 7) is 37.0. The van der Waals surface area contributed by atoms with Crippen LogP contribution in [0.4, 0.5) is 34.1 Å². The van der Waals surface area contributed by atoms with Crippen LogP contribution in [-0.2, 0) is 43.3 Å². The predicted octanol–water partition coefficient (Wildman–Crippen LogP) is 19.0. The van der Waals surface area contributed by atoms with E-state index in [4.69, 9.17) is 4.42 Å². The fourth-order valence-corrected chi connectivity index (χ4v) is 18.6. The average molecular weight is 1060 g/mol. The summed E-state index contributed by atoms with van der Waals surface area (Å²) in [4.78, 5) is 5.61. The van der Waals surface area contributed by atoms with Crippen molar-refractivity contribution in [3.05, 3.63) is 148 Å². The zero-order valence-electron chi connectivity index (χ0n) is 51.4. The Hall–Kier alpha value is -5.48. The third-order valence-corrected chi connectivity index (χ3v) is 23.5. The van der Waals surface area contributed by atoms with Crippen LogP contribution in [0, 0.1) is 17.8 Å². The van der Waals surface area contributed by atoms with E-state index < -0.39 is 0 Å². The second-order valence-electron chi connectivity index (χ2n) is 32.8. The Morgan fingerprint density at radius 3 is 1.46 bits per heavy atom. The van der Waals surface area contributed by atoms with E-state index in [-0.39, 0.29) is 50.0 Å². The van der Waals surface area contributed by atoms with Gasteiger partial charge in [0.2, 0.25) is 0 Å². The monoisotopic (exact) mass is 1060 g/mol. The van der Waals surface area contributed by atoms with Gasteiger partial charge < -0.3 is 14.2 Å². The lowest BCUT2D eigenvalue weighted by atomic mass is 9.35. The van der Waals surface area contributed by atoms with Crippen molar-refractivity contribution in [1.29, 1.82) is 0 Å². The Morgan fingerprint density at radius 1 is 0.475 bits per heavy atom. The Morgan fingerprint density at radius 2 is 0.938 bits per heavy atom. The zero-order valence-corrected chi connectivity index (χ0v) is 51.4. The van der Waals surface area contributed by atoms with Crippen LogP contribution in [0.3, 0.4) is 0 Å². The van der Waals surface area contributed by atoms with Gasteiger partial charge in [-0.25, -0.2) is 0 Å². The molecule has 3 heterocycles. The molecule has 4 bridgehead atoms. The molecule has 9 aliphatic rings. The Bertz CT molecular complexity index is 3720. The van der Waals surface area contributed by atoms with Crippen molar-refractivity contribution in [2.24, 2.45) is 17.8 Å². The molecule has 7 aliphatic carbocycles. The molecular weight excluding hydrogens is 968 g/mol. The molecule has 0 radical (unpaired) electrons. The van der Waals surface area contributed by atoms with Gasteiger partial charge in [0.1, 0.15) is 5.58 Å². The molecule has 7 aromatic rings. The SMILES string of the molecule is CC(C)(C)c1ccc(N2c3cc(C45CC6CC(CC(C6)C4)C5)cc4c3B(c3cc5c(cc3N4c3cc4c(cc3-c3ccccc3)C(C)(C)CCC4(C)C)C(C)(C)CCC5(C)C)c3oc4cc5c(cc4c32)C(C)(C)CCC5(C)C)cc1. The lowest BCUT2D eigenvalue weighted by Crippen LogP contribution is -2.61. The predicted molar refractivity (Wildman–Crippen MR) is 340 cm³/mol. The Kier molecular flexibility index (Phi) is 10.5. The van der Waals surface area contributed by atoms with Crippen molar-refractivity contribution in [1.82, 2.24) is 0 Å². The van der Waals surface area contributed by atoms with E-state index in [0.717, 1.165) is 41.8 Å². The van der Waals surface area contributed by atoms with Crippen LogP contribution in [0.2, 0.25) is 0 Å². The second-order valence-corrected chi connectivity index (χ2v) is 32.8. The summed E-state index contributed by atoms with van der Waals surface area (Å²) in [5, 5.41) is 1.26. The lowest BCUT2D eigenvalue weighted by Gasteiger charge is -2.57. The lowest BCUT2D eigenvalue weighted by molar-refractivity contribution is -0.00514. The van der Waals surface area contributed by atoms with E-state index in [1.165, 1.54) is 165 Å². The first kappa shape index (κ1) is 51.4. The fourth-order valence-electron chi connectivity index (χ4n) is 18.6. The summed E-state index contributed by atoms with van der Waals surface area (Å²) in [6.07, 6.45) is 15.2. The smallest absolute Gasteiger partial charge is 0.297 e. The molecule has 4 saturated carbocycles. The highest BCUT2D eigenvalue weighted by Crippen LogP contribution is 2.63. The van der Waals surface area contributed by atoms with Crippen molar-refractivity contribution in [2.75, 3.05) is 9.80 Å². The summed E-state index contributed by atoms with van der Waals surface area (Å²) in [5.41, 5.74) is 27.6. The molecule has 6 aromatic carbocycles. The highest BCUT2D eigenvalue weighted by Gasteiger charge is 2.55. The van der Waals surface area contributed by atoms with Crippen molar-refractivity contribution >= 4 is 68.4 Å². The van der Waals surface area contributed by atoms with Gasteiger partial charge in [0.15, 0.2) is 0 Å². The number of hydrogen-bond donors (Lipinski definition) is 0. The van der Waals surface area contributed by atoms with E-state index in [2.05, 4.69) is 217 Å². The third kappa shape index (κ3) is 7.36. The molecule has 0 saturated heterocycles. The normalized spacial score (nSPS) is 26.3. The summed E-state index contributed by atoms with van der Waals surface area (Å²) in [5.74, 6) is 2.45. The largest absolute Gasteiger partial charge is 0.468 e. The molecule has 16 rings (SSSR count). The first-order chi connectivity index (χ1) is 37.6.